The molecule has 1 aromatic carbocycles. The normalized spacial score (nSPS) is 11.8. The van der Waals surface area contributed by atoms with E-state index in [4.69, 9.17) is 0 Å². The fraction of sp³-hybridized carbons (Fsp3) is 0.429. The fourth-order valence-corrected chi connectivity index (χ4v) is 3.05. The number of carbonyl (C=O) groups is 2. The molecule has 0 heterocycles. The molecule has 0 bridgehead atoms. The largest absolute Gasteiger partial charge is 0.507 e. The van der Waals surface area contributed by atoms with Crippen molar-refractivity contribution in [3.8, 4) is 5.75 Å². The van der Waals surface area contributed by atoms with Crippen molar-refractivity contribution in [3.63, 3.8) is 0 Å². The number of aromatic hydroxyl groups is 1. The van der Waals surface area contributed by atoms with Crippen LogP contribution >= 0.6 is 0 Å². The van der Waals surface area contributed by atoms with Crippen LogP contribution in [0.4, 0.5) is 5.69 Å². The quantitative estimate of drug-likeness (QED) is 0.119. The van der Waals surface area contributed by atoms with E-state index in [-0.39, 0.29) is 17.2 Å². The summed E-state index contributed by atoms with van der Waals surface area (Å²) in [6.45, 7) is 2.23. The monoisotopic (exact) mass is 453 g/mol. The van der Waals surface area contributed by atoms with Crippen LogP contribution in [-0.4, -0.2) is 24.1 Å². The lowest BCUT2D eigenvalue weighted by Crippen LogP contribution is -2.12. The number of amides is 1. The molecule has 0 spiro atoms. The van der Waals surface area contributed by atoms with E-state index in [1.54, 1.807) is 6.07 Å². The third-order valence-corrected chi connectivity index (χ3v) is 4.92. The van der Waals surface area contributed by atoms with Crippen LogP contribution in [0.3, 0.4) is 0 Å². The van der Waals surface area contributed by atoms with Gasteiger partial charge in [-0.25, -0.2) is 4.79 Å². The molecule has 0 aliphatic heterocycles. The van der Waals surface area contributed by atoms with Crippen molar-refractivity contribution in [2.24, 2.45) is 0 Å². The molecule has 0 aromatic heterocycles. The maximum Gasteiger partial charge on any atom is 0.341 e. The Hall–Kier alpha value is -3.08. The molecule has 1 aromatic rings. The van der Waals surface area contributed by atoms with E-state index in [1.807, 2.05) is 0 Å². The molecule has 0 unspecified atom stereocenters. The Kier molecular flexibility index (Phi) is 15.7. The number of anilines is 1. The van der Waals surface area contributed by atoms with Gasteiger partial charge in [0.2, 0.25) is 5.91 Å². The number of esters is 1. The van der Waals surface area contributed by atoms with Crippen molar-refractivity contribution in [3.05, 3.63) is 72.4 Å². The van der Waals surface area contributed by atoms with Crippen LogP contribution in [0.15, 0.2) is 66.8 Å². The van der Waals surface area contributed by atoms with Crippen molar-refractivity contribution in [2.75, 3.05) is 12.4 Å². The Bertz CT molecular complexity index is 821. The maximum atomic E-state index is 12.1. The molecule has 0 atom stereocenters. The number of unbranched alkanes of at least 4 members (excludes halogenated alkanes) is 4. The van der Waals surface area contributed by atoms with Crippen LogP contribution in [0, 0.1) is 0 Å². The molecule has 0 saturated carbocycles. The van der Waals surface area contributed by atoms with Crippen LogP contribution in [0.5, 0.6) is 5.75 Å². The van der Waals surface area contributed by atoms with Crippen LogP contribution in [-0.2, 0) is 9.53 Å². The summed E-state index contributed by atoms with van der Waals surface area (Å²) in [5.41, 5.74) is 0.479. The van der Waals surface area contributed by atoms with Gasteiger partial charge in [0.1, 0.15) is 11.3 Å². The van der Waals surface area contributed by atoms with Gasteiger partial charge in [-0.05, 0) is 63.1 Å². The van der Waals surface area contributed by atoms with E-state index in [2.05, 4.69) is 65.6 Å². The Morgan fingerprint density at radius 2 is 1.45 bits per heavy atom. The average molecular weight is 454 g/mol. The summed E-state index contributed by atoms with van der Waals surface area (Å²) >= 11 is 0. The zero-order valence-corrected chi connectivity index (χ0v) is 20.1. The fourth-order valence-electron chi connectivity index (χ4n) is 3.05. The maximum absolute atomic E-state index is 12.1. The van der Waals surface area contributed by atoms with Crippen LogP contribution < -0.4 is 5.32 Å². The number of ether oxygens (including phenoxy) is 1. The van der Waals surface area contributed by atoms with Gasteiger partial charge in [0, 0.05) is 12.1 Å². The second kappa shape index (κ2) is 18.5. The Morgan fingerprint density at radius 1 is 0.879 bits per heavy atom. The van der Waals surface area contributed by atoms with Gasteiger partial charge in [0.05, 0.1) is 7.11 Å². The summed E-state index contributed by atoms with van der Waals surface area (Å²) in [6.07, 6.45) is 27.3. The Morgan fingerprint density at radius 3 is 2.03 bits per heavy atom. The van der Waals surface area contributed by atoms with E-state index in [0.29, 0.717) is 12.1 Å². The molecule has 0 fully saturated rings. The molecule has 180 valence electrons. The molecule has 33 heavy (non-hydrogen) atoms. The lowest BCUT2D eigenvalue weighted by atomic mass is 10.1. The van der Waals surface area contributed by atoms with Gasteiger partial charge in [0.15, 0.2) is 0 Å². The summed E-state index contributed by atoms with van der Waals surface area (Å²) < 4.78 is 4.61. The number of methoxy groups -OCH3 is 1. The lowest BCUT2D eigenvalue weighted by molar-refractivity contribution is -0.116. The summed E-state index contributed by atoms with van der Waals surface area (Å²) in [7, 11) is 1.24. The molecule has 0 aliphatic carbocycles. The zero-order valence-electron chi connectivity index (χ0n) is 20.1. The van der Waals surface area contributed by atoms with Gasteiger partial charge in [-0.2, -0.15) is 0 Å². The molecular weight excluding hydrogens is 414 g/mol. The van der Waals surface area contributed by atoms with Crippen LogP contribution in [0.25, 0.3) is 0 Å². The zero-order chi connectivity index (χ0) is 24.2. The summed E-state index contributed by atoms with van der Waals surface area (Å²) in [5.74, 6) is -0.961. The summed E-state index contributed by atoms with van der Waals surface area (Å²) in [6, 6.07) is 4.32. The minimum Gasteiger partial charge on any atom is -0.507 e. The van der Waals surface area contributed by atoms with Gasteiger partial charge in [0.25, 0.3) is 0 Å². The SMILES string of the molecule is CCCCC/C=C\C/C=C\C/C=C\C/C=C\CCCC(=O)Nc1ccc(O)c(C(=O)OC)c1. The first kappa shape index (κ1) is 28.0. The Balaban J connectivity index is 2.13. The average Bonchev–Trinajstić information content (AvgIpc) is 2.81. The van der Waals surface area contributed by atoms with Crippen molar-refractivity contribution < 1.29 is 19.4 Å². The van der Waals surface area contributed by atoms with Crippen molar-refractivity contribution in [2.45, 2.75) is 71.1 Å². The number of rotatable bonds is 16. The van der Waals surface area contributed by atoms with E-state index >= 15 is 0 Å². The van der Waals surface area contributed by atoms with Gasteiger partial charge < -0.3 is 15.2 Å². The molecule has 5 heteroatoms. The molecule has 1 rings (SSSR count). The number of phenolic OH excluding ortho intramolecular Hbond substituents is 1. The molecule has 0 saturated heterocycles. The first-order valence-corrected chi connectivity index (χ1v) is 11.9. The second-order valence-corrected chi connectivity index (χ2v) is 7.75. The topological polar surface area (TPSA) is 75.6 Å². The number of carbonyl (C=O) groups excluding carboxylic acids is 2. The third-order valence-electron chi connectivity index (χ3n) is 4.92. The van der Waals surface area contributed by atoms with E-state index < -0.39 is 5.97 Å². The Labute approximate surface area is 198 Å². The molecule has 1 amide bonds. The number of hydrogen-bond acceptors (Lipinski definition) is 4. The standard InChI is InChI=1S/C28H39NO4/c1-3-4-5-6-7-8-9-10-11-12-13-14-15-16-17-18-19-20-27(31)29-24-21-22-26(30)25(23-24)28(32)33-2/h7-8,10-11,13-14,16-17,21-23,30H,3-6,9,12,15,18-20H2,1-2H3,(H,29,31)/b8-7-,11-10-,14-13-,17-16-. The second-order valence-electron chi connectivity index (χ2n) is 7.75. The number of hydrogen-bond donors (Lipinski definition) is 2. The van der Waals surface area contributed by atoms with E-state index in [1.165, 1.54) is 44.9 Å². The molecular formula is C28H39NO4. The van der Waals surface area contributed by atoms with Crippen molar-refractivity contribution in [1.82, 2.24) is 0 Å². The summed E-state index contributed by atoms with van der Waals surface area (Å²) in [4.78, 5) is 23.7. The van der Waals surface area contributed by atoms with Gasteiger partial charge in [-0.3, -0.25) is 4.79 Å². The van der Waals surface area contributed by atoms with Crippen LogP contribution in [0.1, 0.15) is 81.5 Å². The van der Waals surface area contributed by atoms with E-state index in [0.717, 1.165) is 32.1 Å². The summed E-state index contributed by atoms with van der Waals surface area (Å²) in [5, 5.41) is 12.4. The van der Waals surface area contributed by atoms with Gasteiger partial charge in [-0.1, -0.05) is 68.4 Å². The third kappa shape index (κ3) is 13.8. The van der Waals surface area contributed by atoms with Crippen LogP contribution in [0.2, 0.25) is 0 Å². The van der Waals surface area contributed by atoms with Gasteiger partial charge >= 0.3 is 5.97 Å². The van der Waals surface area contributed by atoms with Crippen molar-refractivity contribution >= 4 is 17.6 Å². The molecule has 0 radical (unpaired) electrons. The highest BCUT2D eigenvalue weighted by Crippen LogP contribution is 2.22. The number of allylic oxidation sites excluding steroid dienone is 8. The first-order valence-electron chi connectivity index (χ1n) is 11.9. The number of phenols is 1. The highest BCUT2D eigenvalue weighted by Gasteiger charge is 2.13. The number of nitrogens with one attached hydrogen (secondary N) is 1. The highest BCUT2D eigenvalue weighted by molar-refractivity contribution is 5.96. The van der Waals surface area contributed by atoms with Gasteiger partial charge in [-0.15, -0.1) is 0 Å². The molecule has 2 N–H and O–H groups in total. The molecule has 0 aliphatic rings. The minimum atomic E-state index is -0.649. The minimum absolute atomic E-state index is 0.0245. The highest BCUT2D eigenvalue weighted by atomic mass is 16.5. The molecule has 5 nitrogen and oxygen atoms in total. The smallest absolute Gasteiger partial charge is 0.341 e. The number of benzene rings is 1. The van der Waals surface area contributed by atoms with Crippen molar-refractivity contribution in [1.29, 1.82) is 0 Å². The van der Waals surface area contributed by atoms with E-state index in [9.17, 15) is 14.7 Å². The first-order chi connectivity index (χ1) is 16.1. The predicted octanol–water partition coefficient (Wildman–Crippen LogP) is 7.26. The lowest BCUT2D eigenvalue weighted by Gasteiger charge is -2.08. The predicted molar refractivity (Wildman–Crippen MR) is 136 cm³/mol.